The van der Waals surface area contributed by atoms with Crippen molar-refractivity contribution in [3.05, 3.63) is 34.6 Å². The maximum absolute atomic E-state index is 13.5. The van der Waals surface area contributed by atoms with Gasteiger partial charge in [0, 0.05) is 16.6 Å². The molecule has 0 amide bonds. The van der Waals surface area contributed by atoms with Crippen LogP contribution in [0.4, 0.5) is 4.39 Å². The molecule has 0 radical (unpaired) electrons. The van der Waals surface area contributed by atoms with Crippen LogP contribution >= 0.6 is 11.6 Å². The van der Waals surface area contributed by atoms with Crippen molar-refractivity contribution in [2.75, 3.05) is 13.1 Å². The number of hydrogen-bond acceptors (Lipinski definition) is 3. The molecule has 0 saturated carbocycles. The first kappa shape index (κ1) is 16.7. The lowest BCUT2D eigenvalue weighted by Gasteiger charge is -2.44. The van der Waals surface area contributed by atoms with Gasteiger partial charge in [0.25, 0.3) is 0 Å². The van der Waals surface area contributed by atoms with Gasteiger partial charge in [-0.1, -0.05) is 18.5 Å². The van der Waals surface area contributed by atoms with Crippen molar-refractivity contribution >= 4 is 11.6 Å². The minimum Gasteiger partial charge on any atom is -0.296 e. The van der Waals surface area contributed by atoms with Gasteiger partial charge in [-0.2, -0.15) is 0 Å². The van der Waals surface area contributed by atoms with Crippen molar-refractivity contribution in [3.63, 3.8) is 0 Å². The lowest BCUT2D eigenvalue weighted by molar-refractivity contribution is 0.0840. The monoisotopic (exact) mass is 313 g/mol. The largest absolute Gasteiger partial charge is 0.296 e. The topological polar surface area (TPSA) is 41.3 Å². The van der Waals surface area contributed by atoms with Crippen LogP contribution < -0.4 is 11.3 Å². The molecule has 5 heteroatoms. The van der Waals surface area contributed by atoms with E-state index in [9.17, 15) is 4.39 Å². The third kappa shape index (κ3) is 3.57. The molecule has 1 aromatic rings. The molecule has 1 saturated heterocycles. The Bertz CT molecular complexity index is 477. The number of halogens is 2. The molecule has 1 fully saturated rings. The Morgan fingerprint density at radius 2 is 2.10 bits per heavy atom. The molecule has 3 nitrogen and oxygen atoms in total. The van der Waals surface area contributed by atoms with Crippen molar-refractivity contribution in [1.82, 2.24) is 10.3 Å². The average molecular weight is 314 g/mol. The molecule has 3 N–H and O–H groups in total. The van der Waals surface area contributed by atoms with Crippen molar-refractivity contribution in [1.29, 1.82) is 0 Å². The molecule has 1 aliphatic rings. The SMILES string of the molecule is CCC(C)(C(Cc1cc(F)ccc1Cl)NN)N1CCCC1. The van der Waals surface area contributed by atoms with E-state index in [2.05, 4.69) is 24.2 Å². The molecule has 0 aliphatic carbocycles. The highest BCUT2D eigenvalue weighted by Crippen LogP contribution is 2.30. The van der Waals surface area contributed by atoms with Gasteiger partial charge in [0.1, 0.15) is 5.82 Å². The predicted molar refractivity (Wildman–Crippen MR) is 85.7 cm³/mol. The molecular formula is C16H25ClFN3. The second-order valence-corrected chi connectivity index (χ2v) is 6.47. The van der Waals surface area contributed by atoms with Gasteiger partial charge in [0.05, 0.1) is 0 Å². The lowest BCUT2D eigenvalue weighted by Crippen LogP contribution is -2.61. The number of hydrazine groups is 1. The Labute approximate surface area is 131 Å². The van der Waals surface area contributed by atoms with E-state index in [0.29, 0.717) is 11.4 Å². The summed E-state index contributed by atoms with van der Waals surface area (Å²) in [6.07, 6.45) is 4.06. The van der Waals surface area contributed by atoms with E-state index in [0.717, 1.165) is 25.1 Å². The molecule has 0 bridgehead atoms. The molecule has 0 aromatic heterocycles. The zero-order valence-corrected chi connectivity index (χ0v) is 13.6. The van der Waals surface area contributed by atoms with E-state index in [1.807, 2.05) is 0 Å². The molecule has 118 valence electrons. The molecule has 2 unspecified atom stereocenters. The Morgan fingerprint density at radius 1 is 1.43 bits per heavy atom. The summed E-state index contributed by atoms with van der Waals surface area (Å²) < 4.78 is 13.5. The minimum atomic E-state index is -0.260. The van der Waals surface area contributed by atoms with Crippen molar-refractivity contribution < 1.29 is 4.39 Å². The normalized spacial score (nSPS) is 20.4. The van der Waals surface area contributed by atoms with Crippen LogP contribution in [0.3, 0.4) is 0 Å². The average Bonchev–Trinajstić information content (AvgIpc) is 3.02. The van der Waals surface area contributed by atoms with E-state index in [1.54, 1.807) is 6.07 Å². The summed E-state index contributed by atoms with van der Waals surface area (Å²) in [5, 5.41) is 0.594. The Balaban J connectivity index is 2.22. The van der Waals surface area contributed by atoms with Crippen LogP contribution in [0.15, 0.2) is 18.2 Å². The summed E-state index contributed by atoms with van der Waals surface area (Å²) in [4.78, 5) is 2.49. The lowest BCUT2D eigenvalue weighted by atomic mass is 9.84. The van der Waals surface area contributed by atoms with Gasteiger partial charge in [-0.15, -0.1) is 0 Å². The summed E-state index contributed by atoms with van der Waals surface area (Å²) in [6.45, 7) is 6.60. The van der Waals surface area contributed by atoms with Gasteiger partial charge in [0.2, 0.25) is 0 Å². The second kappa shape index (κ2) is 7.05. The predicted octanol–water partition coefficient (Wildman–Crippen LogP) is 3.12. The molecule has 1 aromatic carbocycles. The first-order valence-corrected chi connectivity index (χ1v) is 8.04. The zero-order valence-electron chi connectivity index (χ0n) is 12.8. The molecule has 0 spiro atoms. The van der Waals surface area contributed by atoms with Gasteiger partial charge >= 0.3 is 0 Å². The van der Waals surface area contributed by atoms with Gasteiger partial charge in [-0.05, 0) is 69.5 Å². The van der Waals surface area contributed by atoms with Crippen LogP contribution in [0, 0.1) is 5.82 Å². The number of likely N-dealkylation sites (tertiary alicyclic amines) is 1. The fourth-order valence-corrected chi connectivity index (χ4v) is 3.49. The number of rotatable bonds is 6. The molecule has 21 heavy (non-hydrogen) atoms. The summed E-state index contributed by atoms with van der Waals surface area (Å²) in [6, 6.07) is 4.53. The highest BCUT2D eigenvalue weighted by Gasteiger charge is 2.39. The first-order chi connectivity index (χ1) is 10.0. The summed E-state index contributed by atoms with van der Waals surface area (Å²) in [5.41, 5.74) is 3.69. The molecule has 2 atom stereocenters. The first-order valence-electron chi connectivity index (χ1n) is 7.66. The third-order valence-electron chi connectivity index (χ3n) is 4.93. The van der Waals surface area contributed by atoms with E-state index in [-0.39, 0.29) is 17.4 Å². The number of hydrogen-bond donors (Lipinski definition) is 2. The van der Waals surface area contributed by atoms with Crippen LogP contribution in [-0.2, 0) is 6.42 Å². The minimum absolute atomic E-state index is 0.0277. The van der Waals surface area contributed by atoms with Crippen LogP contribution in [0.2, 0.25) is 5.02 Å². The maximum Gasteiger partial charge on any atom is 0.123 e. The highest BCUT2D eigenvalue weighted by molar-refractivity contribution is 6.31. The van der Waals surface area contributed by atoms with Crippen molar-refractivity contribution in [3.8, 4) is 0 Å². The van der Waals surface area contributed by atoms with Crippen molar-refractivity contribution in [2.24, 2.45) is 5.84 Å². The maximum atomic E-state index is 13.5. The summed E-state index contributed by atoms with van der Waals surface area (Å²) in [7, 11) is 0. The molecular weight excluding hydrogens is 289 g/mol. The Hall–Kier alpha value is -0.680. The highest BCUT2D eigenvalue weighted by atomic mass is 35.5. The number of nitrogens with two attached hydrogens (primary N) is 1. The number of nitrogens with one attached hydrogen (secondary N) is 1. The van der Waals surface area contributed by atoms with Crippen LogP contribution in [0.1, 0.15) is 38.7 Å². The van der Waals surface area contributed by atoms with Gasteiger partial charge in [-0.25, -0.2) is 4.39 Å². The van der Waals surface area contributed by atoms with E-state index in [4.69, 9.17) is 17.4 Å². The summed E-state index contributed by atoms with van der Waals surface area (Å²) in [5.74, 6) is 5.56. The fraction of sp³-hybridized carbons (Fsp3) is 0.625. The zero-order chi connectivity index (χ0) is 15.5. The number of benzene rings is 1. The Morgan fingerprint density at radius 3 is 2.67 bits per heavy atom. The van der Waals surface area contributed by atoms with E-state index >= 15 is 0 Å². The van der Waals surface area contributed by atoms with E-state index in [1.165, 1.54) is 25.0 Å². The van der Waals surface area contributed by atoms with Gasteiger partial charge in [-0.3, -0.25) is 16.2 Å². The summed E-state index contributed by atoms with van der Waals surface area (Å²) >= 11 is 6.20. The molecule has 1 heterocycles. The van der Waals surface area contributed by atoms with Crippen LogP contribution in [0.5, 0.6) is 0 Å². The smallest absolute Gasteiger partial charge is 0.123 e. The molecule has 1 aliphatic heterocycles. The molecule has 2 rings (SSSR count). The van der Waals surface area contributed by atoms with Gasteiger partial charge in [0.15, 0.2) is 0 Å². The second-order valence-electron chi connectivity index (χ2n) is 6.06. The van der Waals surface area contributed by atoms with Crippen LogP contribution in [-0.4, -0.2) is 29.6 Å². The quantitative estimate of drug-likeness (QED) is 0.626. The van der Waals surface area contributed by atoms with Crippen LogP contribution in [0.25, 0.3) is 0 Å². The van der Waals surface area contributed by atoms with Crippen molar-refractivity contribution in [2.45, 2.75) is 51.1 Å². The fourth-order valence-electron chi connectivity index (χ4n) is 3.30. The standard InChI is InChI=1S/C16H25ClFN3/c1-3-16(2,21-8-4-5-9-21)15(20-19)11-12-10-13(18)6-7-14(12)17/h6-7,10,15,20H,3-5,8-9,11,19H2,1-2H3. The Kier molecular flexibility index (Phi) is 5.60. The van der Waals surface area contributed by atoms with E-state index < -0.39 is 0 Å². The van der Waals surface area contributed by atoms with Gasteiger partial charge < -0.3 is 0 Å². The third-order valence-corrected chi connectivity index (χ3v) is 5.30. The number of nitrogens with zero attached hydrogens (tertiary/aromatic N) is 1.